The van der Waals surface area contributed by atoms with E-state index in [1.54, 1.807) is 0 Å². The summed E-state index contributed by atoms with van der Waals surface area (Å²) in [6.07, 6.45) is 2.84. The van der Waals surface area contributed by atoms with Gasteiger partial charge in [0, 0.05) is 25.3 Å². The fourth-order valence-electron chi connectivity index (χ4n) is 3.24. The number of carbonyl (C=O) groups is 1. The van der Waals surface area contributed by atoms with Crippen molar-refractivity contribution in [2.24, 2.45) is 0 Å². The number of nitrogens with zero attached hydrogens (tertiary/aromatic N) is 2. The van der Waals surface area contributed by atoms with E-state index in [0.29, 0.717) is 12.5 Å². The third kappa shape index (κ3) is 2.33. The minimum Gasteiger partial charge on any atom is -0.397 e. The normalized spacial score (nSPS) is 22.5. The molecule has 20 heavy (non-hydrogen) atoms. The molecule has 2 aliphatic heterocycles. The van der Waals surface area contributed by atoms with Crippen LogP contribution in [0.4, 0.5) is 17.1 Å². The van der Waals surface area contributed by atoms with Gasteiger partial charge in [-0.25, -0.2) is 0 Å². The van der Waals surface area contributed by atoms with Crippen molar-refractivity contribution < 1.29 is 4.79 Å². The number of rotatable bonds is 2. The number of benzene rings is 1. The predicted molar refractivity (Wildman–Crippen MR) is 82.1 cm³/mol. The molecule has 0 saturated carbocycles. The van der Waals surface area contributed by atoms with Crippen LogP contribution in [0.2, 0.25) is 0 Å². The number of nitrogens with one attached hydrogen (secondary N) is 1. The van der Waals surface area contributed by atoms with Crippen molar-refractivity contribution in [3.05, 3.63) is 17.7 Å². The molecule has 0 radical (unpaired) electrons. The molecule has 108 valence electrons. The molecule has 3 N–H and O–H groups in total. The second-order valence-corrected chi connectivity index (χ2v) is 5.96. The predicted octanol–water partition coefficient (Wildman–Crippen LogP) is 1.29. The summed E-state index contributed by atoms with van der Waals surface area (Å²) in [6, 6.07) is 4.43. The molecule has 1 amide bonds. The molecular formula is C15H22N4O. The van der Waals surface area contributed by atoms with Crippen molar-refractivity contribution in [3.8, 4) is 0 Å². The first-order chi connectivity index (χ1) is 9.54. The van der Waals surface area contributed by atoms with Crippen LogP contribution in [0.25, 0.3) is 0 Å². The Morgan fingerprint density at radius 3 is 3.00 bits per heavy atom. The van der Waals surface area contributed by atoms with Crippen LogP contribution in [0, 0.1) is 0 Å². The molecule has 1 saturated heterocycles. The molecule has 3 rings (SSSR count). The average molecular weight is 274 g/mol. The summed E-state index contributed by atoms with van der Waals surface area (Å²) in [5, 5.41) is 2.90. The van der Waals surface area contributed by atoms with Gasteiger partial charge in [0.15, 0.2) is 0 Å². The van der Waals surface area contributed by atoms with Crippen molar-refractivity contribution in [2.75, 3.05) is 43.1 Å². The SMILES string of the molecule is CN1CCCC(N(C)c2cc3c(cc2N)CC(=O)N3)C1. The minimum absolute atomic E-state index is 0.0524. The largest absolute Gasteiger partial charge is 0.397 e. The summed E-state index contributed by atoms with van der Waals surface area (Å²) in [7, 11) is 4.25. The van der Waals surface area contributed by atoms with Gasteiger partial charge in [0.1, 0.15) is 0 Å². The van der Waals surface area contributed by atoms with Gasteiger partial charge in [-0.05, 0) is 44.1 Å². The first kappa shape index (κ1) is 13.2. The number of hydrogen-bond donors (Lipinski definition) is 2. The van der Waals surface area contributed by atoms with Crippen LogP contribution < -0.4 is 16.0 Å². The molecule has 1 aromatic rings. The number of piperidine rings is 1. The van der Waals surface area contributed by atoms with Gasteiger partial charge in [-0.3, -0.25) is 4.79 Å². The molecule has 0 aromatic heterocycles. The number of carbonyl (C=O) groups excluding carboxylic acids is 1. The van der Waals surface area contributed by atoms with Crippen LogP contribution >= 0.6 is 0 Å². The van der Waals surface area contributed by atoms with E-state index < -0.39 is 0 Å². The van der Waals surface area contributed by atoms with E-state index in [-0.39, 0.29) is 5.91 Å². The number of likely N-dealkylation sites (N-methyl/N-ethyl adjacent to an activating group) is 2. The van der Waals surface area contributed by atoms with Crippen LogP contribution in [0.1, 0.15) is 18.4 Å². The first-order valence-electron chi connectivity index (χ1n) is 7.18. The number of fused-ring (bicyclic) bond motifs is 1. The molecule has 1 unspecified atom stereocenters. The molecule has 1 fully saturated rings. The number of nitrogens with two attached hydrogens (primary N) is 1. The highest BCUT2D eigenvalue weighted by atomic mass is 16.1. The zero-order chi connectivity index (χ0) is 14.3. The summed E-state index contributed by atoms with van der Waals surface area (Å²) in [6.45, 7) is 2.22. The second kappa shape index (κ2) is 4.98. The number of likely N-dealkylation sites (tertiary alicyclic amines) is 1. The van der Waals surface area contributed by atoms with E-state index in [1.807, 2.05) is 12.1 Å². The van der Waals surface area contributed by atoms with Crippen molar-refractivity contribution in [1.29, 1.82) is 0 Å². The van der Waals surface area contributed by atoms with Gasteiger partial charge in [0.25, 0.3) is 0 Å². The Hall–Kier alpha value is -1.75. The zero-order valence-electron chi connectivity index (χ0n) is 12.1. The van der Waals surface area contributed by atoms with Crippen molar-refractivity contribution >= 4 is 23.0 Å². The fraction of sp³-hybridized carbons (Fsp3) is 0.533. The Morgan fingerprint density at radius 2 is 2.25 bits per heavy atom. The summed E-state index contributed by atoms with van der Waals surface area (Å²) < 4.78 is 0. The van der Waals surface area contributed by atoms with Crippen molar-refractivity contribution in [2.45, 2.75) is 25.3 Å². The molecule has 1 atom stereocenters. The Kier molecular flexibility index (Phi) is 3.30. The highest BCUT2D eigenvalue weighted by Crippen LogP contribution is 2.34. The van der Waals surface area contributed by atoms with Crippen LogP contribution in [0.15, 0.2) is 12.1 Å². The van der Waals surface area contributed by atoms with Crippen LogP contribution in [0.5, 0.6) is 0 Å². The molecule has 0 aliphatic carbocycles. The Labute approximate surface area is 119 Å². The lowest BCUT2D eigenvalue weighted by molar-refractivity contribution is -0.115. The minimum atomic E-state index is 0.0524. The summed E-state index contributed by atoms with van der Waals surface area (Å²) in [5.74, 6) is 0.0524. The highest BCUT2D eigenvalue weighted by Gasteiger charge is 2.25. The number of amides is 1. The maximum Gasteiger partial charge on any atom is 0.228 e. The van der Waals surface area contributed by atoms with E-state index >= 15 is 0 Å². The third-order valence-corrected chi connectivity index (χ3v) is 4.40. The second-order valence-electron chi connectivity index (χ2n) is 5.96. The van der Waals surface area contributed by atoms with Gasteiger partial charge in [0.05, 0.1) is 17.8 Å². The number of nitrogen functional groups attached to an aromatic ring is 1. The summed E-state index contributed by atoms with van der Waals surface area (Å²) >= 11 is 0. The molecule has 1 aromatic carbocycles. The smallest absolute Gasteiger partial charge is 0.228 e. The highest BCUT2D eigenvalue weighted by molar-refractivity contribution is 6.00. The lowest BCUT2D eigenvalue weighted by atomic mass is 10.0. The maximum absolute atomic E-state index is 11.5. The average Bonchev–Trinajstić information content (AvgIpc) is 2.76. The molecule has 5 nitrogen and oxygen atoms in total. The quantitative estimate of drug-likeness (QED) is 0.798. The topological polar surface area (TPSA) is 61.6 Å². The molecule has 2 aliphatic rings. The van der Waals surface area contributed by atoms with Gasteiger partial charge < -0.3 is 20.9 Å². The monoisotopic (exact) mass is 274 g/mol. The van der Waals surface area contributed by atoms with Crippen LogP contribution in [-0.2, 0) is 11.2 Å². The lowest BCUT2D eigenvalue weighted by Crippen LogP contribution is -2.45. The van der Waals surface area contributed by atoms with Gasteiger partial charge in [-0.1, -0.05) is 0 Å². The summed E-state index contributed by atoms with van der Waals surface area (Å²) in [5.41, 5.74) is 9.88. The van der Waals surface area contributed by atoms with Gasteiger partial charge in [0.2, 0.25) is 5.91 Å². The Bertz CT molecular complexity index is 543. The number of hydrogen-bond acceptors (Lipinski definition) is 4. The Morgan fingerprint density at radius 1 is 1.45 bits per heavy atom. The fourth-order valence-corrected chi connectivity index (χ4v) is 3.24. The van der Waals surface area contributed by atoms with E-state index in [2.05, 4.69) is 29.2 Å². The number of anilines is 3. The molecule has 0 spiro atoms. The van der Waals surface area contributed by atoms with Crippen LogP contribution in [0.3, 0.4) is 0 Å². The van der Waals surface area contributed by atoms with Crippen molar-refractivity contribution in [1.82, 2.24) is 4.90 Å². The van der Waals surface area contributed by atoms with Crippen molar-refractivity contribution in [3.63, 3.8) is 0 Å². The van der Waals surface area contributed by atoms with Crippen LogP contribution in [-0.4, -0.2) is 44.0 Å². The molecule has 0 bridgehead atoms. The molecule has 5 heteroatoms. The first-order valence-corrected chi connectivity index (χ1v) is 7.18. The van der Waals surface area contributed by atoms with Gasteiger partial charge in [-0.2, -0.15) is 0 Å². The van der Waals surface area contributed by atoms with E-state index in [9.17, 15) is 4.79 Å². The van der Waals surface area contributed by atoms with E-state index in [1.165, 1.54) is 19.4 Å². The Balaban J connectivity index is 1.86. The molecule has 2 heterocycles. The van der Waals surface area contributed by atoms with E-state index in [0.717, 1.165) is 29.2 Å². The van der Waals surface area contributed by atoms with Gasteiger partial charge in [-0.15, -0.1) is 0 Å². The molecular weight excluding hydrogens is 252 g/mol. The lowest BCUT2D eigenvalue weighted by Gasteiger charge is -2.37. The summed E-state index contributed by atoms with van der Waals surface area (Å²) in [4.78, 5) is 16.1. The van der Waals surface area contributed by atoms with Gasteiger partial charge >= 0.3 is 0 Å². The maximum atomic E-state index is 11.5. The third-order valence-electron chi connectivity index (χ3n) is 4.40. The van der Waals surface area contributed by atoms with E-state index in [4.69, 9.17) is 5.73 Å². The standard InChI is InChI=1S/C15H22N4O/c1-18-5-3-4-11(9-18)19(2)14-8-13-10(6-12(14)16)7-15(20)17-13/h6,8,11H,3-5,7,9,16H2,1-2H3,(H,17,20). The zero-order valence-corrected chi connectivity index (χ0v) is 12.1.